The first-order valence-electron chi connectivity index (χ1n) is 10.3. The van der Waals surface area contributed by atoms with Gasteiger partial charge >= 0.3 is 0 Å². The van der Waals surface area contributed by atoms with E-state index in [1.165, 1.54) is 4.90 Å². The molecule has 0 radical (unpaired) electrons. The smallest absolute Gasteiger partial charge is 0.244 e. The maximum atomic E-state index is 13.7. The summed E-state index contributed by atoms with van der Waals surface area (Å²) in [4.78, 5) is 27.8. The van der Waals surface area contributed by atoms with E-state index in [4.69, 9.17) is 32.7 Å². The van der Waals surface area contributed by atoms with Gasteiger partial charge in [0.1, 0.15) is 0 Å². The Kier molecular flexibility index (Phi) is 6.30. The maximum Gasteiger partial charge on any atom is 0.244 e. The Hall–Kier alpha value is -2.44. The molecule has 8 heteroatoms. The van der Waals surface area contributed by atoms with Crippen LogP contribution in [0.15, 0.2) is 36.4 Å². The van der Waals surface area contributed by atoms with Gasteiger partial charge in [0, 0.05) is 7.05 Å². The maximum absolute atomic E-state index is 13.7. The van der Waals surface area contributed by atoms with Crippen LogP contribution in [0.25, 0.3) is 0 Å². The Balaban J connectivity index is 1.54. The Labute approximate surface area is 191 Å². The van der Waals surface area contributed by atoms with E-state index in [2.05, 4.69) is 5.32 Å². The molecule has 1 heterocycles. The van der Waals surface area contributed by atoms with E-state index < -0.39 is 5.41 Å². The molecule has 0 aromatic heterocycles. The number of para-hydroxylation sites is 1. The van der Waals surface area contributed by atoms with Crippen LogP contribution in [0.5, 0.6) is 11.5 Å². The highest BCUT2D eigenvalue weighted by Gasteiger charge is 2.43. The second-order valence-corrected chi connectivity index (χ2v) is 8.83. The van der Waals surface area contributed by atoms with Gasteiger partial charge in [-0.1, -0.05) is 54.6 Å². The first kappa shape index (κ1) is 21.8. The molecule has 0 atom stereocenters. The van der Waals surface area contributed by atoms with Crippen molar-refractivity contribution in [2.75, 3.05) is 25.7 Å². The summed E-state index contributed by atoms with van der Waals surface area (Å²) in [6, 6.07) is 10.7. The van der Waals surface area contributed by atoms with Crippen molar-refractivity contribution in [2.24, 2.45) is 0 Å². The van der Waals surface area contributed by atoms with E-state index in [0.29, 0.717) is 27.2 Å². The SMILES string of the molecule is CN(CC(=O)Nc1c(Cl)cccc1Cl)C(=O)C1(c2ccc3c(c2)OCO3)CCCCC1. The van der Waals surface area contributed by atoms with Gasteiger partial charge in [0.2, 0.25) is 18.6 Å². The van der Waals surface area contributed by atoms with Gasteiger partial charge in [-0.05, 0) is 42.7 Å². The molecule has 4 rings (SSSR count). The number of hydrogen-bond acceptors (Lipinski definition) is 4. The van der Waals surface area contributed by atoms with Gasteiger partial charge in [-0.2, -0.15) is 0 Å². The molecule has 1 N–H and O–H groups in total. The van der Waals surface area contributed by atoms with Crippen LogP contribution in [-0.4, -0.2) is 37.1 Å². The number of hydrogen-bond donors (Lipinski definition) is 1. The minimum absolute atomic E-state index is 0.0773. The molecule has 2 amide bonds. The zero-order chi connectivity index (χ0) is 22.0. The average Bonchev–Trinajstić information content (AvgIpc) is 3.24. The lowest BCUT2D eigenvalue weighted by Crippen LogP contribution is -2.48. The second kappa shape index (κ2) is 8.97. The molecule has 2 aliphatic rings. The Morgan fingerprint density at radius 3 is 2.42 bits per heavy atom. The van der Waals surface area contributed by atoms with Crippen molar-refractivity contribution in [2.45, 2.75) is 37.5 Å². The van der Waals surface area contributed by atoms with Crippen molar-refractivity contribution in [1.29, 1.82) is 0 Å². The number of benzene rings is 2. The molecular weight excluding hydrogens is 439 g/mol. The summed E-state index contributed by atoms with van der Waals surface area (Å²) in [6.07, 6.45) is 4.46. The van der Waals surface area contributed by atoms with Crippen LogP contribution < -0.4 is 14.8 Å². The van der Waals surface area contributed by atoms with E-state index >= 15 is 0 Å². The van der Waals surface area contributed by atoms with Gasteiger partial charge in [-0.3, -0.25) is 9.59 Å². The van der Waals surface area contributed by atoms with Crippen LogP contribution in [0.1, 0.15) is 37.7 Å². The van der Waals surface area contributed by atoms with Gasteiger partial charge in [-0.15, -0.1) is 0 Å². The standard InChI is InChI=1S/C23H24Cl2N2O4/c1-27(13-20(28)26-21-16(24)6-5-7-17(21)25)22(29)23(10-3-2-4-11-23)15-8-9-18-19(12-15)31-14-30-18/h5-9,12H,2-4,10-11,13-14H2,1H3,(H,26,28). The molecule has 2 aromatic carbocycles. The van der Waals surface area contributed by atoms with Crippen LogP contribution in [-0.2, 0) is 15.0 Å². The highest BCUT2D eigenvalue weighted by molar-refractivity contribution is 6.39. The minimum Gasteiger partial charge on any atom is -0.454 e. The number of nitrogens with zero attached hydrogens (tertiary/aromatic N) is 1. The topological polar surface area (TPSA) is 67.9 Å². The molecule has 0 spiro atoms. The second-order valence-electron chi connectivity index (χ2n) is 8.02. The van der Waals surface area contributed by atoms with Crippen molar-refractivity contribution in [3.05, 3.63) is 52.0 Å². The Morgan fingerprint density at radius 2 is 1.71 bits per heavy atom. The highest BCUT2D eigenvalue weighted by Crippen LogP contribution is 2.44. The van der Waals surface area contributed by atoms with Crippen LogP contribution in [0, 0.1) is 0 Å². The fourth-order valence-electron chi connectivity index (χ4n) is 4.42. The van der Waals surface area contributed by atoms with E-state index in [-0.39, 0.29) is 25.2 Å². The number of anilines is 1. The van der Waals surface area contributed by atoms with Crippen LogP contribution in [0.3, 0.4) is 0 Å². The van der Waals surface area contributed by atoms with E-state index in [1.54, 1.807) is 25.2 Å². The first-order chi connectivity index (χ1) is 14.9. The number of likely N-dealkylation sites (N-methyl/N-ethyl adjacent to an activating group) is 1. The number of rotatable bonds is 5. The third-order valence-electron chi connectivity index (χ3n) is 6.00. The Bertz CT molecular complexity index is 985. The largest absolute Gasteiger partial charge is 0.454 e. The zero-order valence-electron chi connectivity index (χ0n) is 17.2. The molecule has 164 valence electrons. The van der Waals surface area contributed by atoms with Gasteiger partial charge < -0.3 is 19.7 Å². The van der Waals surface area contributed by atoms with Crippen molar-refractivity contribution in [1.82, 2.24) is 4.90 Å². The van der Waals surface area contributed by atoms with Gasteiger partial charge in [0.05, 0.1) is 27.7 Å². The molecule has 1 aliphatic heterocycles. The average molecular weight is 463 g/mol. The number of amides is 2. The number of ether oxygens (including phenoxy) is 2. The zero-order valence-corrected chi connectivity index (χ0v) is 18.8. The molecule has 1 fully saturated rings. The van der Waals surface area contributed by atoms with Gasteiger partial charge in [0.15, 0.2) is 11.5 Å². The molecule has 0 bridgehead atoms. The fraction of sp³-hybridized carbons (Fsp3) is 0.391. The summed E-state index contributed by atoms with van der Waals surface area (Å²) in [5.74, 6) is 0.907. The molecule has 1 saturated carbocycles. The van der Waals surface area contributed by atoms with Crippen LogP contribution in [0.2, 0.25) is 10.0 Å². The normalized spacial score (nSPS) is 16.6. The van der Waals surface area contributed by atoms with Gasteiger partial charge in [-0.25, -0.2) is 0 Å². The van der Waals surface area contributed by atoms with Crippen molar-refractivity contribution >= 4 is 40.7 Å². The van der Waals surface area contributed by atoms with Gasteiger partial charge in [0.25, 0.3) is 0 Å². The predicted octanol–water partition coefficient (Wildman–Crippen LogP) is 5.02. The van der Waals surface area contributed by atoms with E-state index in [0.717, 1.165) is 37.7 Å². The monoisotopic (exact) mass is 462 g/mol. The quantitative estimate of drug-likeness (QED) is 0.676. The summed E-state index contributed by atoms with van der Waals surface area (Å²) >= 11 is 12.3. The summed E-state index contributed by atoms with van der Waals surface area (Å²) < 4.78 is 11.0. The number of carbonyl (C=O) groups excluding carboxylic acids is 2. The third kappa shape index (κ3) is 4.32. The lowest BCUT2D eigenvalue weighted by molar-refractivity contribution is -0.139. The van der Waals surface area contributed by atoms with Crippen molar-refractivity contribution in [3.8, 4) is 11.5 Å². The summed E-state index contributed by atoms with van der Waals surface area (Å²) in [7, 11) is 1.65. The number of nitrogens with one attached hydrogen (secondary N) is 1. The number of fused-ring (bicyclic) bond motifs is 1. The fourth-order valence-corrected chi connectivity index (χ4v) is 4.92. The predicted molar refractivity (Wildman–Crippen MR) is 120 cm³/mol. The Morgan fingerprint density at radius 1 is 1.03 bits per heavy atom. The number of carbonyl (C=O) groups is 2. The highest BCUT2D eigenvalue weighted by atomic mass is 35.5. The van der Waals surface area contributed by atoms with Crippen molar-refractivity contribution in [3.63, 3.8) is 0 Å². The van der Waals surface area contributed by atoms with Crippen LogP contribution in [0.4, 0.5) is 5.69 Å². The summed E-state index contributed by atoms with van der Waals surface area (Å²) in [5.41, 5.74) is 0.568. The molecule has 0 unspecified atom stereocenters. The third-order valence-corrected chi connectivity index (χ3v) is 6.63. The van der Waals surface area contributed by atoms with E-state index in [9.17, 15) is 9.59 Å². The van der Waals surface area contributed by atoms with Crippen LogP contribution >= 0.6 is 23.2 Å². The molecule has 0 saturated heterocycles. The minimum atomic E-state index is -0.684. The lowest BCUT2D eigenvalue weighted by Gasteiger charge is -2.39. The lowest BCUT2D eigenvalue weighted by atomic mass is 9.68. The molecule has 31 heavy (non-hydrogen) atoms. The summed E-state index contributed by atoms with van der Waals surface area (Å²) in [5, 5.41) is 3.41. The molecular formula is C23H24Cl2N2O4. The molecule has 2 aromatic rings. The molecule has 6 nitrogen and oxygen atoms in total. The van der Waals surface area contributed by atoms with E-state index in [1.807, 2.05) is 18.2 Å². The first-order valence-corrected chi connectivity index (χ1v) is 11.1. The summed E-state index contributed by atoms with van der Waals surface area (Å²) in [6.45, 7) is 0.0805. The van der Waals surface area contributed by atoms with Crippen molar-refractivity contribution < 1.29 is 19.1 Å². The molecule has 1 aliphatic carbocycles. The number of halogens is 2.